The first-order valence-electron chi connectivity index (χ1n) is 8.53. The molecule has 2 aromatic carbocycles. The minimum atomic E-state index is -0.950. The van der Waals surface area contributed by atoms with Crippen LogP contribution in [0.25, 0.3) is 11.0 Å². The number of carbonyl (C=O) groups is 1. The van der Waals surface area contributed by atoms with E-state index in [9.17, 15) is 29.8 Å². The highest BCUT2D eigenvalue weighted by Crippen LogP contribution is 2.18. The molecule has 0 fully saturated rings. The van der Waals surface area contributed by atoms with Gasteiger partial charge in [0, 0.05) is 30.0 Å². The lowest BCUT2D eigenvalue weighted by molar-refractivity contribution is -0.384. The zero-order chi connectivity index (χ0) is 23.4. The van der Waals surface area contributed by atoms with Crippen molar-refractivity contribution in [3.63, 3.8) is 0 Å². The highest BCUT2D eigenvalue weighted by atomic mass is 32.1. The number of thiocarbonyl (C=S) groups is 1. The number of non-ortho nitro benzene ring substituents is 2. The van der Waals surface area contributed by atoms with E-state index in [1.54, 1.807) is 0 Å². The van der Waals surface area contributed by atoms with Crippen LogP contribution in [0.3, 0.4) is 0 Å². The van der Waals surface area contributed by atoms with E-state index in [1.807, 2.05) is 0 Å². The molecule has 3 rings (SSSR count). The van der Waals surface area contributed by atoms with Crippen molar-refractivity contribution in [3.8, 4) is 0 Å². The lowest BCUT2D eigenvalue weighted by Gasteiger charge is -2.09. The van der Waals surface area contributed by atoms with Gasteiger partial charge in [-0.15, -0.1) is 0 Å². The summed E-state index contributed by atoms with van der Waals surface area (Å²) in [5.41, 5.74) is 5.37. The second-order valence-electron chi connectivity index (χ2n) is 6.07. The molecule has 32 heavy (non-hydrogen) atoms. The number of hydrogen-bond donors (Lipinski definition) is 4. The van der Waals surface area contributed by atoms with Gasteiger partial charge in [-0.25, -0.2) is 4.98 Å². The van der Waals surface area contributed by atoms with Gasteiger partial charge in [0.05, 0.1) is 20.9 Å². The lowest BCUT2D eigenvalue weighted by atomic mass is 10.2. The fraction of sp³-hybridized carbons (Fsp3) is 0. The van der Waals surface area contributed by atoms with E-state index in [1.165, 1.54) is 30.3 Å². The van der Waals surface area contributed by atoms with E-state index in [4.69, 9.17) is 5.73 Å². The molecule has 3 aromatic rings. The molecule has 0 spiro atoms. The zero-order valence-electron chi connectivity index (χ0n) is 15.8. The van der Waals surface area contributed by atoms with Gasteiger partial charge in [-0.1, -0.05) is 6.07 Å². The molecule has 0 bridgehead atoms. The molecule has 0 radical (unpaired) electrons. The molecule has 15 heteroatoms. The molecular formula is C17H12N8O6S. The van der Waals surface area contributed by atoms with Crippen LogP contribution in [0.4, 0.5) is 17.1 Å². The molecule has 162 valence electrons. The van der Waals surface area contributed by atoms with Crippen molar-refractivity contribution in [1.29, 1.82) is 0 Å². The van der Waals surface area contributed by atoms with E-state index in [0.29, 0.717) is 0 Å². The van der Waals surface area contributed by atoms with Crippen LogP contribution >= 0.6 is 12.2 Å². The number of nitro benzene ring substituents is 2. The summed E-state index contributed by atoms with van der Waals surface area (Å²) in [5.74, 6) is -0.950. The van der Waals surface area contributed by atoms with Crippen molar-refractivity contribution >= 4 is 57.0 Å². The molecule has 0 aliphatic carbocycles. The lowest BCUT2D eigenvalue weighted by Crippen LogP contribution is -2.34. The molecule has 0 aliphatic heterocycles. The number of carbonyl (C=O) groups excluding carboxylic acids is 1. The fourth-order valence-corrected chi connectivity index (χ4v) is 2.60. The monoisotopic (exact) mass is 456 g/mol. The van der Waals surface area contributed by atoms with Crippen LogP contribution in [0.5, 0.6) is 0 Å². The molecule has 1 amide bonds. The highest BCUT2D eigenvalue weighted by Gasteiger charge is 2.22. The molecule has 0 atom stereocenters. The highest BCUT2D eigenvalue weighted by molar-refractivity contribution is 7.80. The third-order valence-corrected chi connectivity index (χ3v) is 4.01. The molecule has 0 saturated carbocycles. The number of hydrogen-bond acceptors (Lipinski definition) is 9. The van der Waals surface area contributed by atoms with Gasteiger partial charge < -0.3 is 16.0 Å². The number of rotatable bonds is 6. The second-order valence-corrected chi connectivity index (χ2v) is 6.51. The number of H-pyrrole nitrogens is 1. The molecule has 0 unspecified atom stereocenters. The third kappa shape index (κ3) is 4.85. The Morgan fingerprint density at radius 3 is 2.47 bits per heavy atom. The van der Waals surface area contributed by atoms with Crippen LogP contribution in [0.2, 0.25) is 0 Å². The van der Waals surface area contributed by atoms with Gasteiger partial charge in [0.25, 0.3) is 22.8 Å². The Labute approximate surface area is 182 Å². The standard InChI is InChI=1S/C17H12N8O6S/c18-17(32)23-22-14(16(27)19-8-2-1-3-9(6-8)24(28)29)13-15(26)21-12-7-10(25(30)31)4-5-11(12)20-13/h1-7H,(H,19,27)(H,21,26)(H3,18,23,32)/b22-14-. The first-order chi connectivity index (χ1) is 15.2. The Morgan fingerprint density at radius 1 is 1.12 bits per heavy atom. The second kappa shape index (κ2) is 8.92. The van der Waals surface area contributed by atoms with Crippen molar-refractivity contribution in [1.82, 2.24) is 15.4 Å². The molecule has 0 aliphatic rings. The number of hydrazone groups is 1. The summed E-state index contributed by atoms with van der Waals surface area (Å²) in [6.45, 7) is 0. The van der Waals surface area contributed by atoms with E-state index in [-0.39, 0.29) is 33.2 Å². The number of nitrogens with zero attached hydrogens (tertiary/aromatic N) is 4. The number of benzene rings is 2. The number of nitrogens with two attached hydrogens (primary N) is 1. The maximum atomic E-state index is 12.8. The van der Waals surface area contributed by atoms with Gasteiger partial charge in [0.15, 0.2) is 16.5 Å². The van der Waals surface area contributed by atoms with Crippen LogP contribution in [-0.2, 0) is 4.79 Å². The molecular weight excluding hydrogens is 444 g/mol. The van der Waals surface area contributed by atoms with Crippen LogP contribution in [0.15, 0.2) is 52.4 Å². The minimum absolute atomic E-state index is 0.0556. The number of nitro groups is 2. The minimum Gasteiger partial charge on any atom is -0.375 e. The first kappa shape index (κ1) is 21.9. The molecule has 1 heterocycles. The molecule has 5 N–H and O–H groups in total. The first-order valence-corrected chi connectivity index (χ1v) is 8.94. The van der Waals surface area contributed by atoms with Gasteiger partial charge in [0.2, 0.25) is 0 Å². The van der Waals surface area contributed by atoms with Gasteiger partial charge in [-0.3, -0.25) is 35.2 Å². The van der Waals surface area contributed by atoms with Crippen LogP contribution in [0, 0.1) is 20.2 Å². The maximum Gasteiger partial charge on any atom is 0.278 e. The van der Waals surface area contributed by atoms with Crippen LogP contribution in [0.1, 0.15) is 5.69 Å². The van der Waals surface area contributed by atoms with E-state index < -0.39 is 32.7 Å². The Morgan fingerprint density at radius 2 is 1.81 bits per heavy atom. The van der Waals surface area contributed by atoms with E-state index >= 15 is 0 Å². The van der Waals surface area contributed by atoms with E-state index in [0.717, 1.165) is 12.1 Å². The quantitative estimate of drug-likeness (QED) is 0.178. The van der Waals surface area contributed by atoms with Crippen molar-refractivity contribution in [2.75, 3.05) is 5.32 Å². The normalized spacial score (nSPS) is 11.1. The number of amides is 1. The van der Waals surface area contributed by atoms with Crippen molar-refractivity contribution < 1.29 is 14.6 Å². The summed E-state index contributed by atoms with van der Waals surface area (Å²) in [7, 11) is 0. The van der Waals surface area contributed by atoms with Gasteiger partial charge in [-0.2, -0.15) is 5.10 Å². The maximum absolute atomic E-state index is 12.8. The number of fused-ring (bicyclic) bond motifs is 1. The molecule has 14 nitrogen and oxygen atoms in total. The Hall–Kier alpha value is -4.79. The van der Waals surface area contributed by atoms with Crippen molar-refractivity contribution in [3.05, 3.63) is 78.7 Å². The van der Waals surface area contributed by atoms with Crippen molar-refractivity contribution in [2.45, 2.75) is 0 Å². The van der Waals surface area contributed by atoms with Gasteiger partial charge >= 0.3 is 0 Å². The number of anilines is 1. The zero-order valence-corrected chi connectivity index (χ0v) is 16.6. The Balaban J connectivity index is 2.05. The average Bonchev–Trinajstić information content (AvgIpc) is 2.73. The fourth-order valence-electron chi connectivity index (χ4n) is 2.56. The van der Waals surface area contributed by atoms with Crippen molar-refractivity contribution in [2.24, 2.45) is 10.8 Å². The third-order valence-electron chi connectivity index (χ3n) is 3.92. The SMILES string of the molecule is NC(=S)N/N=C(\C(=O)Nc1cccc([N+](=O)[O-])c1)c1nc2ccc([N+](=O)[O-])cc2[nH]c1=O. The van der Waals surface area contributed by atoms with Crippen LogP contribution < -0.4 is 22.0 Å². The topological polar surface area (TPSA) is 212 Å². The predicted molar refractivity (Wildman–Crippen MR) is 117 cm³/mol. The number of aromatic nitrogens is 2. The smallest absolute Gasteiger partial charge is 0.278 e. The van der Waals surface area contributed by atoms with Gasteiger partial charge in [0.1, 0.15) is 0 Å². The Kier molecular flexibility index (Phi) is 6.11. The van der Waals surface area contributed by atoms with Crippen LogP contribution in [-0.4, -0.2) is 36.5 Å². The largest absolute Gasteiger partial charge is 0.375 e. The summed E-state index contributed by atoms with van der Waals surface area (Å²) in [5, 5.41) is 27.7. The summed E-state index contributed by atoms with van der Waals surface area (Å²) in [6.07, 6.45) is 0. The summed E-state index contributed by atoms with van der Waals surface area (Å²) < 4.78 is 0. The number of nitrogens with one attached hydrogen (secondary N) is 3. The predicted octanol–water partition coefficient (Wildman–Crippen LogP) is 0.915. The molecule has 0 saturated heterocycles. The summed E-state index contributed by atoms with van der Waals surface area (Å²) in [6, 6.07) is 8.64. The summed E-state index contributed by atoms with van der Waals surface area (Å²) in [4.78, 5) is 52.4. The average molecular weight is 456 g/mol. The molecule has 1 aromatic heterocycles. The summed E-state index contributed by atoms with van der Waals surface area (Å²) >= 11 is 4.66. The number of aromatic amines is 1. The Bertz CT molecular complexity index is 1370. The van der Waals surface area contributed by atoms with E-state index in [2.05, 4.69) is 38.0 Å². The van der Waals surface area contributed by atoms with Gasteiger partial charge in [-0.05, 0) is 24.4 Å².